The van der Waals surface area contributed by atoms with Crippen LogP contribution in [0.5, 0.6) is 0 Å². The molecule has 0 unspecified atom stereocenters. The monoisotopic (exact) mass is 296 g/mol. The third-order valence-corrected chi connectivity index (χ3v) is 3.67. The van der Waals surface area contributed by atoms with E-state index in [1.807, 2.05) is 34.9 Å². The molecular formula is C16H16N4O2. The molecule has 0 bridgehead atoms. The van der Waals surface area contributed by atoms with Gasteiger partial charge in [0.2, 0.25) is 0 Å². The van der Waals surface area contributed by atoms with E-state index in [1.165, 1.54) is 0 Å². The van der Waals surface area contributed by atoms with Crippen LogP contribution in [0.2, 0.25) is 0 Å². The number of aryl methyl sites for hydroxylation is 1. The van der Waals surface area contributed by atoms with Gasteiger partial charge in [-0.15, -0.1) is 0 Å². The Hall–Kier alpha value is -2.73. The lowest BCUT2D eigenvalue weighted by atomic mass is 10.1. The normalized spacial score (nSPS) is 11.0. The first kappa shape index (κ1) is 14.2. The number of nitro groups is 1. The maximum atomic E-state index is 11.1. The lowest BCUT2D eigenvalue weighted by Gasteiger charge is -2.08. The van der Waals surface area contributed by atoms with Crippen LogP contribution in [0.1, 0.15) is 5.56 Å². The Morgan fingerprint density at radius 1 is 1.27 bits per heavy atom. The van der Waals surface area contributed by atoms with Crippen molar-refractivity contribution in [2.75, 3.05) is 6.54 Å². The summed E-state index contributed by atoms with van der Waals surface area (Å²) in [6.45, 7) is 2.81. The molecule has 0 aliphatic heterocycles. The molecule has 0 spiro atoms. The van der Waals surface area contributed by atoms with Gasteiger partial charge in [-0.1, -0.05) is 24.3 Å². The zero-order valence-electron chi connectivity index (χ0n) is 12.2. The smallest absolute Gasteiger partial charge is 0.273 e. The van der Waals surface area contributed by atoms with Crippen LogP contribution in [-0.2, 0) is 6.54 Å². The third-order valence-electron chi connectivity index (χ3n) is 3.67. The van der Waals surface area contributed by atoms with E-state index in [2.05, 4.69) is 4.98 Å². The van der Waals surface area contributed by atoms with Crippen LogP contribution in [-0.4, -0.2) is 21.0 Å². The molecule has 0 radical (unpaired) electrons. The Balaban J connectivity index is 2.23. The molecule has 6 nitrogen and oxygen atoms in total. The van der Waals surface area contributed by atoms with Gasteiger partial charge in [0.15, 0.2) is 0 Å². The van der Waals surface area contributed by atoms with Crippen LogP contribution >= 0.6 is 0 Å². The molecule has 2 N–H and O–H groups in total. The molecule has 6 heteroatoms. The van der Waals surface area contributed by atoms with Crippen molar-refractivity contribution in [3.8, 4) is 11.4 Å². The van der Waals surface area contributed by atoms with E-state index in [0.29, 0.717) is 24.5 Å². The second kappa shape index (κ2) is 5.57. The summed E-state index contributed by atoms with van der Waals surface area (Å²) < 4.78 is 2.00. The molecule has 3 aromatic rings. The van der Waals surface area contributed by atoms with E-state index in [0.717, 1.165) is 16.6 Å². The predicted octanol–water partition coefficient (Wildman–Crippen LogP) is 2.88. The molecule has 1 aromatic heterocycles. The minimum Gasteiger partial charge on any atom is -0.329 e. The lowest BCUT2D eigenvalue weighted by molar-refractivity contribution is -0.385. The summed E-state index contributed by atoms with van der Waals surface area (Å²) in [7, 11) is 0. The summed E-state index contributed by atoms with van der Waals surface area (Å²) in [5, 5.41) is 11.1. The Morgan fingerprint density at radius 2 is 2.05 bits per heavy atom. The molecule has 0 saturated carbocycles. The van der Waals surface area contributed by atoms with Crippen molar-refractivity contribution < 1.29 is 4.92 Å². The van der Waals surface area contributed by atoms with E-state index >= 15 is 0 Å². The van der Waals surface area contributed by atoms with Crippen molar-refractivity contribution >= 4 is 16.7 Å². The molecule has 3 rings (SSSR count). The Labute approximate surface area is 127 Å². The number of nitro benzene ring substituents is 1. The van der Waals surface area contributed by atoms with Crippen molar-refractivity contribution in [3.63, 3.8) is 0 Å². The summed E-state index contributed by atoms with van der Waals surface area (Å²) in [5.74, 6) is 0.703. The predicted molar refractivity (Wildman–Crippen MR) is 85.6 cm³/mol. The number of nitrogens with two attached hydrogens (primary N) is 1. The van der Waals surface area contributed by atoms with E-state index < -0.39 is 0 Å². The summed E-state index contributed by atoms with van der Waals surface area (Å²) in [5.41, 5.74) is 9.00. The minimum absolute atomic E-state index is 0.101. The average Bonchev–Trinajstić information content (AvgIpc) is 2.87. The molecule has 0 aliphatic rings. The first-order valence-electron chi connectivity index (χ1n) is 7.02. The zero-order valence-corrected chi connectivity index (χ0v) is 12.2. The van der Waals surface area contributed by atoms with Gasteiger partial charge in [0, 0.05) is 30.3 Å². The van der Waals surface area contributed by atoms with E-state index in [4.69, 9.17) is 5.73 Å². The highest BCUT2D eigenvalue weighted by molar-refractivity contribution is 5.81. The molecule has 22 heavy (non-hydrogen) atoms. The Kier molecular flexibility index (Phi) is 3.60. The lowest BCUT2D eigenvalue weighted by Crippen LogP contribution is -2.11. The fourth-order valence-corrected chi connectivity index (χ4v) is 2.60. The van der Waals surface area contributed by atoms with Gasteiger partial charge >= 0.3 is 0 Å². The van der Waals surface area contributed by atoms with Gasteiger partial charge in [0.25, 0.3) is 5.69 Å². The number of para-hydroxylation sites is 2. The summed E-state index contributed by atoms with van der Waals surface area (Å²) >= 11 is 0. The maximum Gasteiger partial charge on any atom is 0.273 e. The highest BCUT2D eigenvalue weighted by atomic mass is 16.6. The third kappa shape index (κ3) is 2.33. The molecule has 2 aromatic carbocycles. The van der Waals surface area contributed by atoms with Crippen LogP contribution < -0.4 is 5.73 Å². The maximum absolute atomic E-state index is 11.1. The van der Waals surface area contributed by atoms with Crippen molar-refractivity contribution in [1.29, 1.82) is 0 Å². The minimum atomic E-state index is -0.366. The van der Waals surface area contributed by atoms with Crippen LogP contribution in [0.3, 0.4) is 0 Å². The molecule has 0 saturated heterocycles. The molecule has 0 fully saturated rings. The van der Waals surface area contributed by atoms with Gasteiger partial charge in [-0.25, -0.2) is 4.98 Å². The highest BCUT2D eigenvalue weighted by Gasteiger charge is 2.16. The standard InChI is InChI=1S/C16H16N4O2/c1-11-6-7-12(10-15(11)20(21)22)16-18-13-4-2-3-5-14(13)19(16)9-8-17/h2-7,10H,8-9,17H2,1H3. The number of benzene rings is 2. The van der Waals surface area contributed by atoms with Gasteiger partial charge < -0.3 is 10.3 Å². The van der Waals surface area contributed by atoms with E-state index in [9.17, 15) is 10.1 Å². The molecule has 0 amide bonds. The molecule has 0 atom stereocenters. The Bertz CT molecular complexity index is 854. The van der Waals surface area contributed by atoms with Crippen molar-refractivity contribution in [2.24, 2.45) is 5.73 Å². The SMILES string of the molecule is Cc1ccc(-c2nc3ccccc3n2CCN)cc1[N+](=O)[O-]. The van der Waals surface area contributed by atoms with Crippen molar-refractivity contribution in [1.82, 2.24) is 9.55 Å². The van der Waals surface area contributed by atoms with Crippen molar-refractivity contribution in [2.45, 2.75) is 13.5 Å². The Morgan fingerprint density at radius 3 is 2.77 bits per heavy atom. The largest absolute Gasteiger partial charge is 0.329 e. The second-order valence-corrected chi connectivity index (χ2v) is 5.12. The summed E-state index contributed by atoms with van der Waals surface area (Å²) in [6, 6.07) is 12.9. The summed E-state index contributed by atoms with van der Waals surface area (Å²) in [4.78, 5) is 15.4. The topological polar surface area (TPSA) is 87.0 Å². The molecule has 1 heterocycles. The first-order valence-corrected chi connectivity index (χ1v) is 7.02. The van der Waals surface area contributed by atoms with Crippen molar-refractivity contribution in [3.05, 3.63) is 58.1 Å². The second-order valence-electron chi connectivity index (χ2n) is 5.12. The summed E-state index contributed by atoms with van der Waals surface area (Å²) in [6.07, 6.45) is 0. The average molecular weight is 296 g/mol. The molecule has 112 valence electrons. The highest BCUT2D eigenvalue weighted by Crippen LogP contribution is 2.29. The van der Waals surface area contributed by atoms with Crippen LogP contribution in [0.25, 0.3) is 22.4 Å². The fourth-order valence-electron chi connectivity index (χ4n) is 2.60. The quantitative estimate of drug-likeness (QED) is 0.592. The van der Waals surface area contributed by atoms with Crippen LogP contribution in [0.4, 0.5) is 5.69 Å². The van der Waals surface area contributed by atoms with Gasteiger partial charge in [0.1, 0.15) is 5.82 Å². The fraction of sp³-hybridized carbons (Fsp3) is 0.188. The first-order chi connectivity index (χ1) is 10.6. The number of fused-ring (bicyclic) bond motifs is 1. The number of imidazole rings is 1. The van der Waals surface area contributed by atoms with Gasteiger partial charge in [-0.2, -0.15) is 0 Å². The zero-order chi connectivity index (χ0) is 15.7. The number of hydrogen-bond acceptors (Lipinski definition) is 4. The number of aromatic nitrogens is 2. The number of nitrogens with zero attached hydrogens (tertiary/aromatic N) is 3. The van der Waals surface area contributed by atoms with E-state index in [1.54, 1.807) is 19.1 Å². The molecule has 0 aliphatic carbocycles. The number of hydrogen-bond donors (Lipinski definition) is 1. The number of rotatable bonds is 4. The molecular weight excluding hydrogens is 280 g/mol. The van der Waals surface area contributed by atoms with Gasteiger partial charge in [-0.3, -0.25) is 10.1 Å². The van der Waals surface area contributed by atoms with Crippen LogP contribution in [0.15, 0.2) is 42.5 Å². The van der Waals surface area contributed by atoms with Gasteiger partial charge in [-0.05, 0) is 19.1 Å². The van der Waals surface area contributed by atoms with E-state index in [-0.39, 0.29) is 10.6 Å². The van der Waals surface area contributed by atoms with Crippen LogP contribution in [0, 0.1) is 17.0 Å². The van der Waals surface area contributed by atoms with Gasteiger partial charge in [0.05, 0.1) is 16.0 Å².